The Morgan fingerprint density at radius 1 is 1.14 bits per heavy atom. The van der Waals surface area contributed by atoms with Gasteiger partial charge in [-0.3, -0.25) is 4.79 Å². The fourth-order valence-electron chi connectivity index (χ4n) is 3.52. The topological polar surface area (TPSA) is 71.4 Å². The van der Waals surface area contributed by atoms with E-state index >= 15 is 0 Å². The first kappa shape index (κ1) is 21.0. The Bertz CT molecular complexity index is 846. The second-order valence-electron chi connectivity index (χ2n) is 6.96. The van der Waals surface area contributed by atoms with Gasteiger partial charge in [-0.05, 0) is 55.5 Å². The zero-order valence-corrected chi connectivity index (χ0v) is 17.7. The molecule has 1 atom stereocenters. The van der Waals surface area contributed by atoms with Gasteiger partial charge >= 0.3 is 0 Å². The van der Waals surface area contributed by atoms with E-state index in [0.29, 0.717) is 31.3 Å². The lowest BCUT2D eigenvalue weighted by Crippen LogP contribution is -2.51. The molecule has 3 rings (SSSR count). The van der Waals surface area contributed by atoms with E-state index in [4.69, 9.17) is 0 Å². The zero-order valence-electron chi connectivity index (χ0n) is 16.0. The van der Waals surface area contributed by atoms with Crippen LogP contribution in [-0.2, 0) is 14.8 Å². The molecule has 6 nitrogen and oxygen atoms in total. The highest BCUT2D eigenvalue weighted by molar-refractivity contribution is 7.98. The van der Waals surface area contributed by atoms with Gasteiger partial charge in [0, 0.05) is 31.5 Å². The van der Waals surface area contributed by atoms with E-state index in [1.807, 2.05) is 18.4 Å². The summed E-state index contributed by atoms with van der Waals surface area (Å²) in [7, 11) is -3.73. The van der Waals surface area contributed by atoms with Gasteiger partial charge < -0.3 is 9.47 Å². The number of sulfonamides is 1. The molecule has 0 radical (unpaired) electrons. The number of nitrogens with zero attached hydrogens (tertiary/aromatic N) is 2. The largest absolute Gasteiger partial charge is 0.351 e. The van der Waals surface area contributed by atoms with Crippen molar-refractivity contribution in [2.75, 3.05) is 25.1 Å². The van der Waals surface area contributed by atoms with E-state index in [1.54, 1.807) is 47.0 Å². The van der Waals surface area contributed by atoms with Crippen LogP contribution >= 0.6 is 11.8 Å². The van der Waals surface area contributed by atoms with Gasteiger partial charge in [0.05, 0.1) is 4.90 Å². The Balaban J connectivity index is 1.66. The number of hydrogen-bond acceptors (Lipinski definition) is 4. The molecular weight excluding hydrogens is 394 g/mol. The lowest BCUT2D eigenvalue weighted by atomic mass is 10.0. The van der Waals surface area contributed by atoms with Crippen LogP contribution in [0.15, 0.2) is 59.8 Å². The number of carbonyl (C=O) groups is 1. The smallest absolute Gasteiger partial charge is 0.241 e. The lowest BCUT2D eigenvalue weighted by Gasteiger charge is -2.35. The normalized spacial score (nSPS) is 16.8. The highest BCUT2D eigenvalue weighted by Crippen LogP contribution is 2.23. The minimum atomic E-state index is -3.73. The summed E-state index contributed by atoms with van der Waals surface area (Å²) in [5, 5.41) is 0. The monoisotopic (exact) mass is 421 g/mol. The minimum absolute atomic E-state index is 0.125. The van der Waals surface area contributed by atoms with E-state index in [-0.39, 0.29) is 10.8 Å². The van der Waals surface area contributed by atoms with Crippen LogP contribution in [0.1, 0.15) is 25.3 Å². The highest BCUT2D eigenvalue weighted by Gasteiger charge is 2.31. The van der Waals surface area contributed by atoms with Gasteiger partial charge in [0.1, 0.15) is 6.04 Å². The molecule has 1 fully saturated rings. The molecule has 0 aliphatic carbocycles. The molecule has 0 bridgehead atoms. The van der Waals surface area contributed by atoms with E-state index in [2.05, 4.69) is 21.7 Å². The Hall–Kier alpha value is -1.77. The van der Waals surface area contributed by atoms with Gasteiger partial charge in [-0.15, -0.1) is 0 Å². The Morgan fingerprint density at radius 3 is 2.39 bits per heavy atom. The number of likely N-dealkylation sites (tertiary alicyclic amines) is 1. The Labute approximate surface area is 171 Å². The summed E-state index contributed by atoms with van der Waals surface area (Å²) in [6, 6.07) is 11.9. The summed E-state index contributed by atoms with van der Waals surface area (Å²) in [5.74, 6) is 0.590. The number of rotatable bonds is 8. The summed E-state index contributed by atoms with van der Waals surface area (Å²) < 4.78 is 30.2. The molecule has 0 spiro atoms. The van der Waals surface area contributed by atoms with Crippen LogP contribution in [0.2, 0.25) is 0 Å². The molecule has 1 saturated heterocycles. The first-order chi connectivity index (χ1) is 13.5. The molecular formula is C20H27N3O3S2. The number of aromatic nitrogens is 1. The number of thioether (sulfide) groups is 1. The third-order valence-corrected chi connectivity index (χ3v) is 7.22. The van der Waals surface area contributed by atoms with Crippen LogP contribution in [0.3, 0.4) is 0 Å². The molecule has 2 aromatic rings. The average molecular weight is 422 g/mol. The fourth-order valence-corrected chi connectivity index (χ4v) is 5.24. The van der Waals surface area contributed by atoms with Crippen molar-refractivity contribution in [2.45, 2.75) is 36.2 Å². The van der Waals surface area contributed by atoms with Crippen LogP contribution in [-0.4, -0.2) is 54.9 Å². The van der Waals surface area contributed by atoms with E-state index in [9.17, 15) is 13.2 Å². The maximum absolute atomic E-state index is 13.1. The fraction of sp³-hybridized carbons (Fsp3) is 0.450. The molecule has 1 aliphatic heterocycles. The first-order valence-electron chi connectivity index (χ1n) is 9.49. The zero-order chi connectivity index (χ0) is 20.0. The third kappa shape index (κ3) is 5.18. The molecule has 152 valence electrons. The molecule has 28 heavy (non-hydrogen) atoms. The molecule has 8 heteroatoms. The SMILES string of the molecule is CSCCC(NS(=O)(=O)c1ccccc1)C(=O)N1CCC(n2cccc2)CC1. The second-order valence-corrected chi connectivity index (χ2v) is 9.65. The Kier molecular flexibility index (Phi) is 7.20. The van der Waals surface area contributed by atoms with Crippen LogP contribution < -0.4 is 4.72 Å². The number of carbonyl (C=O) groups excluding carboxylic acids is 1. The maximum Gasteiger partial charge on any atom is 0.241 e. The standard InChI is InChI=1S/C20H27N3O3S2/c1-27-16-11-19(21-28(25,26)18-7-3-2-4-8-18)20(24)23-14-9-17(10-15-23)22-12-5-6-13-22/h2-8,12-13,17,19,21H,9-11,14-16H2,1H3. The highest BCUT2D eigenvalue weighted by atomic mass is 32.2. The molecule has 1 aliphatic rings. The molecule has 1 N–H and O–H groups in total. The molecule has 0 saturated carbocycles. The van der Waals surface area contributed by atoms with E-state index in [0.717, 1.165) is 12.8 Å². The molecule has 1 aromatic carbocycles. The number of hydrogen-bond donors (Lipinski definition) is 1. The predicted molar refractivity (Wildman–Crippen MR) is 113 cm³/mol. The van der Waals surface area contributed by atoms with Gasteiger partial charge in [-0.2, -0.15) is 16.5 Å². The lowest BCUT2D eigenvalue weighted by molar-refractivity contribution is -0.134. The van der Waals surface area contributed by atoms with Crippen molar-refractivity contribution in [3.8, 4) is 0 Å². The van der Waals surface area contributed by atoms with Crippen molar-refractivity contribution < 1.29 is 13.2 Å². The Morgan fingerprint density at radius 2 is 1.79 bits per heavy atom. The summed E-state index contributed by atoms with van der Waals surface area (Å²) in [6.45, 7) is 1.29. The van der Waals surface area contributed by atoms with Crippen molar-refractivity contribution in [1.29, 1.82) is 0 Å². The number of piperidine rings is 1. The van der Waals surface area contributed by atoms with Gasteiger partial charge in [0.2, 0.25) is 15.9 Å². The molecule has 2 heterocycles. The molecule has 1 unspecified atom stereocenters. The summed E-state index contributed by atoms with van der Waals surface area (Å²) >= 11 is 1.61. The van der Waals surface area contributed by atoms with E-state index < -0.39 is 16.1 Å². The van der Waals surface area contributed by atoms with Crippen molar-refractivity contribution >= 4 is 27.7 Å². The summed E-state index contributed by atoms with van der Waals surface area (Å²) in [5.41, 5.74) is 0. The quantitative estimate of drug-likeness (QED) is 0.711. The van der Waals surface area contributed by atoms with Crippen LogP contribution in [0.4, 0.5) is 0 Å². The van der Waals surface area contributed by atoms with Crippen LogP contribution in [0.25, 0.3) is 0 Å². The summed E-state index contributed by atoms with van der Waals surface area (Å²) in [4.78, 5) is 15.1. The molecule has 1 aromatic heterocycles. The first-order valence-corrected chi connectivity index (χ1v) is 12.4. The van der Waals surface area contributed by atoms with Gasteiger partial charge in [0.25, 0.3) is 0 Å². The number of benzene rings is 1. The third-order valence-electron chi connectivity index (χ3n) is 5.08. The van der Waals surface area contributed by atoms with Gasteiger partial charge in [-0.1, -0.05) is 18.2 Å². The van der Waals surface area contributed by atoms with Crippen molar-refractivity contribution in [3.63, 3.8) is 0 Å². The van der Waals surface area contributed by atoms with E-state index in [1.165, 1.54) is 0 Å². The maximum atomic E-state index is 13.1. The van der Waals surface area contributed by atoms with Gasteiger partial charge in [0.15, 0.2) is 0 Å². The van der Waals surface area contributed by atoms with Crippen molar-refractivity contribution in [1.82, 2.24) is 14.2 Å². The van der Waals surface area contributed by atoms with Crippen molar-refractivity contribution in [2.24, 2.45) is 0 Å². The van der Waals surface area contributed by atoms with Crippen molar-refractivity contribution in [3.05, 3.63) is 54.9 Å². The predicted octanol–water partition coefficient (Wildman–Crippen LogP) is 2.75. The van der Waals surface area contributed by atoms with Crippen LogP contribution in [0, 0.1) is 0 Å². The van der Waals surface area contributed by atoms with Gasteiger partial charge in [-0.25, -0.2) is 8.42 Å². The number of nitrogens with one attached hydrogen (secondary N) is 1. The average Bonchev–Trinajstić information content (AvgIpc) is 3.26. The number of amides is 1. The second kappa shape index (κ2) is 9.62. The molecule has 1 amide bonds. The minimum Gasteiger partial charge on any atom is -0.351 e. The van der Waals surface area contributed by atoms with Crippen LogP contribution in [0.5, 0.6) is 0 Å². The summed E-state index contributed by atoms with van der Waals surface area (Å²) in [6.07, 6.45) is 8.29.